The lowest BCUT2D eigenvalue weighted by Crippen LogP contribution is -2.46. The second kappa shape index (κ2) is 11.0. The molecule has 0 unspecified atom stereocenters. The summed E-state index contributed by atoms with van der Waals surface area (Å²) in [6.07, 6.45) is 0.611. The van der Waals surface area contributed by atoms with Crippen LogP contribution in [0.25, 0.3) is 0 Å². The molecule has 2 N–H and O–H groups in total. The van der Waals surface area contributed by atoms with E-state index in [1.807, 2.05) is 26.8 Å². The van der Waals surface area contributed by atoms with Crippen molar-refractivity contribution in [1.82, 2.24) is 5.32 Å². The number of ether oxygens (including phenoxy) is 2. The smallest absolute Gasteiger partial charge is 0.328 e. The first-order chi connectivity index (χ1) is 15.5. The molecule has 2 aromatic rings. The molecule has 0 saturated heterocycles. The Balaban J connectivity index is 2.15. The minimum Gasteiger partial charge on any atom is -0.618 e. The molecule has 0 aliphatic rings. The van der Waals surface area contributed by atoms with Gasteiger partial charge in [-0.1, -0.05) is 37.6 Å². The molecular weight excluding hydrogens is 424 g/mol. The molecule has 0 bridgehead atoms. The van der Waals surface area contributed by atoms with Gasteiger partial charge in [-0.05, 0) is 51.7 Å². The van der Waals surface area contributed by atoms with Crippen LogP contribution in [0.4, 0.5) is 0 Å². The number of carbonyl (C=O) groups is 2. The molecule has 180 valence electrons. The molecular formula is C25H34N2O6. The van der Waals surface area contributed by atoms with E-state index < -0.39 is 35.5 Å². The van der Waals surface area contributed by atoms with E-state index in [1.165, 1.54) is 13.0 Å². The molecule has 1 aromatic carbocycles. The van der Waals surface area contributed by atoms with Gasteiger partial charge in [0.15, 0.2) is 11.9 Å². The van der Waals surface area contributed by atoms with Crippen molar-refractivity contribution < 1.29 is 28.9 Å². The number of aromatic hydroxyl groups is 1. The zero-order valence-electron chi connectivity index (χ0n) is 20.3. The Labute approximate surface area is 195 Å². The molecule has 1 amide bonds. The fraction of sp³-hybridized carbons (Fsp3) is 0.480. The number of aryl methyl sites for hydroxylation is 2. The van der Waals surface area contributed by atoms with Crippen molar-refractivity contribution in [1.29, 1.82) is 0 Å². The number of nitrogens with one attached hydrogen (secondary N) is 1. The van der Waals surface area contributed by atoms with Gasteiger partial charge >= 0.3 is 17.6 Å². The van der Waals surface area contributed by atoms with Crippen LogP contribution in [0.15, 0.2) is 30.5 Å². The maximum atomic E-state index is 12.7. The highest BCUT2D eigenvalue weighted by Gasteiger charge is 2.32. The van der Waals surface area contributed by atoms with Gasteiger partial charge in [0.05, 0.1) is 6.61 Å². The Hall–Kier alpha value is -3.29. The first-order valence-electron chi connectivity index (χ1n) is 11.1. The first-order valence-corrected chi connectivity index (χ1v) is 11.1. The molecule has 8 nitrogen and oxygen atoms in total. The quantitative estimate of drug-likeness (QED) is 0.338. The summed E-state index contributed by atoms with van der Waals surface area (Å²) >= 11 is 0. The first kappa shape index (κ1) is 26.0. The van der Waals surface area contributed by atoms with Crippen molar-refractivity contribution in [2.45, 2.75) is 66.5 Å². The summed E-state index contributed by atoms with van der Waals surface area (Å²) in [5, 5.41) is 24.7. The molecule has 3 atom stereocenters. The van der Waals surface area contributed by atoms with Gasteiger partial charge < -0.3 is 25.1 Å². The molecule has 2 rings (SSSR count). The molecule has 0 saturated carbocycles. The number of esters is 1. The third-order valence-corrected chi connectivity index (χ3v) is 5.57. The van der Waals surface area contributed by atoms with Gasteiger partial charge in [-0.2, -0.15) is 4.73 Å². The standard InChI is InChI=1S/C25H34N2O6/c1-8-32-20-11-12-27(31)22(23(20)28)24(29)26-17(6)25(30)33-18(7)21(14(2)3)19-10-9-15(4)13-16(19)5/h9-14,17-18,21,28H,8H2,1-7H3,(H,26,29)/t17-,18-,21-/m0/s1. The van der Waals surface area contributed by atoms with Gasteiger partial charge in [0, 0.05) is 12.0 Å². The molecule has 0 fully saturated rings. The molecule has 8 heteroatoms. The minimum atomic E-state index is -1.04. The monoisotopic (exact) mass is 458 g/mol. The van der Waals surface area contributed by atoms with Crippen molar-refractivity contribution in [3.05, 3.63) is 58.1 Å². The summed E-state index contributed by atoms with van der Waals surface area (Å²) in [6, 6.07) is 6.42. The number of rotatable bonds is 9. The SMILES string of the molecule is CCOc1cc[n+]([O-])c(C(=O)N[C@@H](C)C(=O)O[C@@H](C)[C@@H](c2ccc(C)cc2C)C(C)C)c1O. The summed E-state index contributed by atoms with van der Waals surface area (Å²) in [5.74, 6) is -1.95. The van der Waals surface area contributed by atoms with Crippen LogP contribution in [0.1, 0.15) is 67.7 Å². The van der Waals surface area contributed by atoms with Crippen LogP contribution in [0.5, 0.6) is 11.5 Å². The molecule has 0 radical (unpaired) electrons. The van der Waals surface area contributed by atoms with Gasteiger partial charge in [-0.25, -0.2) is 4.79 Å². The van der Waals surface area contributed by atoms with E-state index in [1.54, 1.807) is 6.92 Å². The molecule has 0 aliphatic carbocycles. The van der Waals surface area contributed by atoms with E-state index in [9.17, 15) is 19.9 Å². The lowest BCUT2D eigenvalue weighted by molar-refractivity contribution is -0.608. The number of nitrogens with zero attached hydrogens (tertiary/aromatic N) is 1. The van der Waals surface area contributed by atoms with Gasteiger partial charge in [-0.3, -0.25) is 4.79 Å². The third kappa shape index (κ3) is 6.15. The third-order valence-electron chi connectivity index (χ3n) is 5.57. The number of benzene rings is 1. The maximum absolute atomic E-state index is 12.7. The summed E-state index contributed by atoms with van der Waals surface area (Å²) in [7, 11) is 0. The second-order valence-corrected chi connectivity index (χ2v) is 8.60. The number of pyridine rings is 1. The largest absolute Gasteiger partial charge is 0.618 e. The Morgan fingerprint density at radius 3 is 2.39 bits per heavy atom. The van der Waals surface area contributed by atoms with Crippen LogP contribution in [0.2, 0.25) is 0 Å². The van der Waals surface area contributed by atoms with E-state index in [4.69, 9.17) is 9.47 Å². The van der Waals surface area contributed by atoms with Crippen molar-refractivity contribution in [2.75, 3.05) is 6.61 Å². The second-order valence-electron chi connectivity index (χ2n) is 8.60. The fourth-order valence-electron chi connectivity index (χ4n) is 4.03. The zero-order valence-corrected chi connectivity index (χ0v) is 20.3. The normalized spacial score (nSPS) is 13.8. The lowest BCUT2D eigenvalue weighted by atomic mass is 9.82. The highest BCUT2D eigenvalue weighted by Crippen LogP contribution is 2.32. The lowest BCUT2D eigenvalue weighted by Gasteiger charge is -2.30. The predicted molar refractivity (Wildman–Crippen MR) is 124 cm³/mol. The maximum Gasteiger partial charge on any atom is 0.328 e. The van der Waals surface area contributed by atoms with Crippen molar-refractivity contribution in [3.8, 4) is 11.5 Å². The Bertz CT molecular complexity index is 1000. The Morgan fingerprint density at radius 2 is 1.82 bits per heavy atom. The number of hydrogen-bond donors (Lipinski definition) is 2. The van der Waals surface area contributed by atoms with E-state index in [-0.39, 0.29) is 28.9 Å². The molecule has 1 heterocycles. The summed E-state index contributed by atoms with van der Waals surface area (Å²) in [4.78, 5) is 25.4. The van der Waals surface area contributed by atoms with Crippen LogP contribution >= 0.6 is 0 Å². The molecule has 1 aromatic heterocycles. The van der Waals surface area contributed by atoms with E-state index in [0.29, 0.717) is 0 Å². The minimum absolute atomic E-state index is 0.00634. The van der Waals surface area contributed by atoms with Crippen LogP contribution in [-0.4, -0.2) is 35.7 Å². The van der Waals surface area contributed by atoms with Crippen molar-refractivity contribution >= 4 is 11.9 Å². The molecule has 0 spiro atoms. The van der Waals surface area contributed by atoms with Gasteiger partial charge in [-0.15, -0.1) is 0 Å². The molecule has 33 heavy (non-hydrogen) atoms. The highest BCUT2D eigenvalue weighted by atomic mass is 16.5. The summed E-state index contributed by atoms with van der Waals surface area (Å²) in [6.45, 7) is 13.5. The van der Waals surface area contributed by atoms with Gasteiger partial charge in [0.2, 0.25) is 5.75 Å². The average Bonchev–Trinajstić information content (AvgIpc) is 2.71. The molecule has 0 aliphatic heterocycles. The summed E-state index contributed by atoms with van der Waals surface area (Å²) < 4.78 is 11.2. The predicted octanol–water partition coefficient (Wildman–Crippen LogP) is 3.53. The fourth-order valence-corrected chi connectivity index (χ4v) is 4.03. The number of hydrogen-bond acceptors (Lipinski definition) is 6. The number of aromatic nitrogens is 1. The van der Waals surface area contributed by atoms with Crippen LogP contribution < -0.4 is 14.8 Å². The van der Waals surface area contributed by atoms with Crippen molar-refractivity contribution in [2.24, 2.45) is 5.92 Å². The van der Waals surface area contributed by atoms with Crippen molar-refractivity contribution in [3.63, 3.8) is 0 Å². The Morgan fingerprint density at radius 1 is 1.15 bits per heavy atom. The summed E-state index contributed by atoms with van der Waals surface area (Å²) in [5.41, 5.74) is 2.84. The van der Waals surface area contributed by atoms with E-state index in [2.05, 4.69) is 31.3 Å². The van der Waals surface area contributed by atoms with Crippen LogP contribution in [0.3, 0.4) is 0 Å². The Kier molecular flexibility index (Phi) is 8.68. The van der Waals surface area contributed by atoms with Gasteiger partial charge in [0.25, 0.3) is 0 Å². The van der Waals surface area contributed by atoms with E-state index in [0.717, 1.165) is 22.9 Å². The topological polar surface area (TPSA) is 112 Å². The van der Waals surface area contributed by atoms with E-state index >= 15 is 0 Å². The number of carbonyl (C=O) groups excluding carboxylic acids is 2. The van der Waals surface area contributed by atoms with Crippen LogP contribution in [-0.2, 0) is 9.53 Å². The highest BCUT2D eigenvalue weighted by molar-refractivity contribution is 5.96. The van der Waals surface area contributed by atoms with Crippen LogP contribution in [0, 0.1) is 25.0 Å². The van der Waals surface area contributed by atoms with Gasteiger partial charge in [0.1, 0.15) is 12.1 Å². The number of amides is 1. The zero-order chi connectivity index (χ0) is 24.9. The average molecular weight is 459 g/mol.